The maximum absolute atomic E-state index is 12.1. The lowest BCUT2D eigenvalue weighted by Crippen LogP contribution is -2.51. The Morgan fingerprint density at radius 2 is 1.83 bits per heavy atom. The molecule has 7 nitrogen and oxygen atoms in total. The van der Waals surface area contributed by atoms with Crippen molar-refractivity contribution in [1.29, 1.82) is 0 Å². The summed E-state index contributed by atoms with van der Waals surface area (Å²) in [6.45, 7) is 3.32. The minimum atomic E-state index is -3.68. The summed E-state index contributed by atoms with van der Waals surface area (Å²) in [4.78, 5) is 0.121. The minimum Gasteiger partial charge on any atom is -0.315 e. The van der Waals surface area contributed by atoms with Gasteiger partial charge in [-0.1, -0.05) is 25.1 Å². The van der Waals surface area contributed by atoms with Gasteiger partial charge in [-0.2, -0.15) is 0 Å². The first-order chi connectivity index (χ1) is 10.8. The van der Waals surface area contributed by atoms with E-state index < -0.39 is 20.0 Å². The Bertz CT molecular complexity index is 711. The van der Waals surface area contributed by atoms with Crippen molar-refractivity contribution in [3.8, 4) is 0 Å². The quantitative estimate of drug-likeness (QED) is 0.614. The third-order valence-electron chi connectivity index (χ3n) is 3.87. The average molecular weight is 398 g/mol. The lowest BCUT2D eigenvalue weighted by Gasteiger charge is -2.29. The summed E-state index contributed by atoms with van der Waals surface area (Å²) < 4.78 is 53.2. The van der Waals surface area contributed by atoms with E-state index in [4.69, 9.17) is 0 Å². The molecule has 0 radical (unpaired) electrons. The van der Waals surface area contributed by atoms with Crippen LogP contribution < -0.4 is 14.8 Å². The number of halogens is 1. The third-order valence-corrected chi connectivity index (χ3v) is 6.76. The highest BCUT2D eigenvalue weighted by Gasteiger charge is 2.25. The van der Waals surface area contributed by atoms with Crippen molar-refractivity contribution in [3.63, 3.8) is 0 Å². The Hall–Kier alpha value is -0.710. The third kappa shape index (κ3) is 6.30. The second-order valence-electron chi connectivity index (χ2n) is 5.72. The van der Waals surface area contributed by atoms with Crippen LogP contribution >= 0.6 is 12.4 Å². The molecular weight excluding hydrogens is 374 g/mol. The van der Waals surface area contributed by atoms with Gasteiger partial charge in [0.15, 0.2) is 0 Å². The lowest BCUT2D eigenvalue weighted by molar-refractivity contribution is 0.327. The first-order valence-corrected chi connectivity index (χ1v) is 10.7. The molecule has 1 aliphatic heterocycles. The van der Waals surface area contributed by atoms with Crippen LogP contribution in [0.15, 0.2) is 35.2 Å². The van der Waals surface area contributed by atoms with Crippen LogP contribution in [-0.4, -0.2) is 48.3 Å². The highest BCUT2D eigenvalue weighted by atomic mass is 35.5. The van der Waals surface area contributed by atoms with Crippen molar-refractivity contribution in [3.05, 3.63) is 30.3 Å². The Morgan fingerprint density at radius 1 is 1.17 bits per heavy atom. The van der Waals surface area contributed by atoms with E-state index in [1.807, 2.05) is 6.92 Å². The predicted molar refractivity (Wildman–Crippen MR) is 96.2 cm³/mol. The molecule has 0 bridgehead atoms. The minimum absolute atomic E-state index is 0. The highest BCUT2D eigenvalue weighted by Crippen LogP contribution is 2.12. The molecule has 3 N–H and O–H groups in total. The van der Waals surface area contributed by atoms with Gasteiger partial charge in [-0.05, 0) is 31.0 Å². The fourth-order valence-electron chi connectivity index (χ4n) is 2.43. The smallest absolute Gasteiger partial charge is 0.240 e. The van der Waals surface area contributed by atoms with Gasteiger partial charge in [0.25, 0.3) is 0 Å². The van der Waals surface area contributed by atoms with Gasteiger partial charge in [0.05, 0.1) is 10.6 Å². The van der Waals surface area contributed by atoms with Gasteiger partial charge in [0.1, 0.15) is 0 Å². The summed E-state index contributed by atoms with van der Waals surface area (Å²) in [6.07, 6.45) is 0.911. The molecule has 0 spiro atoms. The van der Waals surface area contributed by atoms with E-state index in [2.05, 4.69) is 14.8 Å². The van der Waals surface area contributed by atoms with Crippen LogP contribution in [0.1, 0.15) is 13.3 Å². The van der Waals surface area contributed by atoms with Crippen LogP contribution in [0.3, 0.4) is 0 Å². The molecule has 1 aromatic carbocycles. The van der Waals surface area contributed by atoms with E-state index >= 15 is 0 Å². The molecule has 1 aromatic rings. The van der Waals surface area contributed by atoms with Crippen LogP contribution in [0.25, 0.3) is 0 Å². The van der Waals surface area contributed by atoms with Gasteiger partial charge in [0.2, 0.25) is 20.0 Å². The number of piperidine rings is 1. The zero-order valence-corrected chi connectivity index (χ0v) is 15.9. The van der Waals surface area contributed by atoms with Crippen LogP contribution in [0.2, 0.25) is 0 Å². The Kier molecular flexibility index (Phi) is 8.10. The number of sulfonamides is 2. The molecule has 24 heavy (non-hydrogen) atoms. The second kappa shape index (κ2) is 9.12. The lowest BCUT2D eigenvalue weighted by atomic mass is 9.96. The molecule has 0 aromatic heterocycles. The number of benzene rings is 1. The molecule has 0 aliphatic carbocycles. The Labute approximate surface area is 150 Å². The zero-order chi connectivity index (χ0) is 16.9. The van der Waals surface area contributed by atoms with Crippen molar-refractivity contribution >= 4 is 32.5 Å². The number of nitrogens with one attached hydrogen (secondary N) is 3. The van der Waals surface area contributed by atoms with E-state index in [1.165, 1.54) is 12.1 Å². The van der Waals surface area contributed by atoms with Crippen molar-refractivity contribution < 1.29 is 16.8 Å². The summed E-state index contributed by atoms with van der Waals surface area (Å²) in [6, 6.07) is 7.72. The summed E-state index contributed by atoms with van der Waals surface area (Å²) in [5, 5.41) is 3.15. The maximum Gasteiger partial charge on any atom is 0.240 e. The van der Waals surface area contributed by atoms with Gasteiger partial charge in [-0.15, -0.1) is 12.4 Å². The normalized spacial score (nSPS) is 21.9. The molecule has 0 saturated carbocycles. The van der Waals surface area contributed by atoms with E-state index in [9.17, 15) is 16.8 Å². The topological polar surface area (TPSA) is 104 Å². The van der Waals surface area contributed by atoms with E-state index in [0.29, 0.717) is 6.54 Å². The molecular formula is C14H24ClN3O4S2. The maximum atomic E-state index is 12.1. The van der Waals surface area contributed by atoms with Crippen LogP contribution in [0.5, 0.6) is 0 Å². The largest absolute Gasteiger partial charge is 0.315 e. The highest BCUT2D eigenvalue weighted by molar-refractivity contribution is 7.90. The monoisotopic (exact) mass is 397 g/mol. The zero-order valence-electron chi connectivity index (χ0n) is 13.4. The number of hydrogen-bond donors (Lipinski definition) is 3. The first-order valence-electron chi connectivity index (χ1n) is 7.55. The predicted octanol–water partition coefficient (Wildman–Crippen LogP) is 0.304. The fraction of sp³-hybridized carbons (Fsp3) is 0.571. The van der Waals surface area contributed by atoms with Gasteiger partial charge in [-0.25, -0.2) is 26.3 Å². The molecule has 1 aliphatic rings. The number of hydrogen-bond acceptors (Lipinski definition) is 5. The van der Waals surface area contributed by atoms with Crippen LogP contribution in [-0.2, 0) is 20.0 Å². The van der Waals surface area contributed by atoms with Crippen molar-refractivity contribution in [2.45, 2.75) is 24.3 Å². The summed E-state index contributed by atoms with van der Waals surface area (Å²) in [5.41, 5.74) is 0. The van der Waals surface area contributed by atoms with Gasteiger partial charge in [0, 0.05) is 19.1 Å². The fourth-order valence-corrected chi connectivity index (χ4v) is 4.88. The van der Waals surface area contributed by atoms with Crippen molar-refractivity contribution in [2.75, 3.05) is 25.4 Å². The Balaban J connectivity index is 0.00000288. The summed E-state index contributed by atoms with van der Waals surface area (Å²) in [5.74, 6) is -0.0329. The summed E-state index contributed by atoms with van der Waals surface area (Å²) in [7, 11) is -7.22. The van der Waals surface area contributed by atoms with Crippen LogP contribution in [0.4, 0.5) is 0 Å². The Morgan fingerprint density at radius 3 is 2.46 bits per heavy atom. The molecule has 1 heterocycles. The molecule has 138 valence electrons. The summed E-state index contributed by atoms with van der Waals surface area (Å²) >= 11 is 0. The molecule has 10 heteroatoms. The van der Waals surface area contributed by atoms with Crippen LogP contribution in [0, 0.1) is 5.92 Å². The molecule has 0 amide bonds. The molecule has 2 rings (SSSR count). The molecule has 1 saturated heterocycles. The molecule has 2 atom stereocenters. The van der Waals surface area contributed by atoms with Gasteiger partial charge in [-0.3, -0.25) is 0 Å². The first kappa shape index (κ1) is 21.3. The van der Waals surface area contributed by atoms with E-state index in [-0.39, 0.29) is 41.6 Å². The SMILES string of the molecule is CC1CCNCC1NS(=O)(=O)CCNS(=O)(=O)c1ccccc1.Cl. The van der Waals surface area contributed by atoms with E-state index in [1.54, 1.807) is 18.2 Å². The van der Waals surface area contributed by atoms with Gasteiger partial charge >= 0.3 is 0 Å². The standard InChI is InChI=1S/C14H23N3O4S2.ClH/c1-12-7-8-15-11-14(12)17-22(18,19)10-9-16-23(20,21)13-5-3-2-4-6-13;/h2-6,12,14-17H,7-11H2,1H3;1H. The number of rotatable bonds is 7. The second-order valence-corrected chi connectivity index (χ2v) is 9.36. The van der Waals surface area contributed by atoms with Crippen molar-refractivity contribution in [2.24, 2.45) is 5.92 Å². The molecule has 1 fully saturated rings. The van der Waals surface area contributed by atoms with Crippen molar-refractivity contribution in [1.82, 2.24) is 14.8 Å². The van der Waals surface area contributed by atoms with Gasteiger partial charge < -0.3 is 5.32 Å². The molecule has 2 unspecified atom stereocenters. The van der Waals surface area contributed by atoms with E-state index in [0.717, 1.165) is 13.0 Å². The average Bonchev–Trinajstić information content (AvgIpc) is 2.50.